The summed E-state index contributed by atoms with van der Waals surface area (Å²) in [7, 11) is 0. The van der Waals surface area contributed by atoms with Gasteiger partial charge in [0, 0.05) is 26.3 Å². The average molecular weight is 331 g/mol. The number of aliphatic hydroxyl groups is 1. The molecular weight excluding hydrogens is 302 g/mol. The molecule has 2 aliphatic rings. The fraction of sp³-hybridized carbons (Fsp3) is 0.650. The Hall–Kier alpha value is -1.39. The number of piperidine rings is 1. The van der Waals surface area contributed by atoms with Gasteiger partial charge in [-0.25, -0.2) is 0 Å². The number of ether oxygens (including phenoxy) is 1. The number of benzene rings is 1. The maximum Gasteiger partial charge on any atom is 0.228 e. The van der Waals surface area contributed by atoms with Gasteiger partial charge in [-0.1, -0.05) is 37.3 Å². The van der Waals surface area contributed by atoms with Gasteiger partial charge in [-0.15, -0.1) is 0 Å². The molecule has 2 atom stereocenters. The number of carbonyl (C=O) groups is 1. The lowest BCUT2D eigenvalue weighted by Crippen LogP contribution is -2.48. The van der Waals surface area contributed by atoms with Crippen LogP contribution in [0.25, 0.3) is 0 Å². The predicted molar refractivity (Wildman–Crippen MR) is 93.5 cm³/mol. The Balaban J connectivity index is 1.69. The fourth-order valence-electron chi connectivity index (χ4n) is 4.06. The van der Waals surface area contributed by atoms with Gasteiger partial charge in [0.2, 0.25) is 5.91 Å². The Kier molecular flexibility index (Phi) is 5.57. The molecule has 1 N–H and O–H groups in total. The molecule has 2 saturated heterocycles. The van der Waals surface area contributed by atoms with Crippen molar-refractivity contribution < 1.29 is 14.6 Å². The molecule has 132 valence electrons. The first kappa shape index (κ1) is 17.4. The van der Waals surface area contributed by atoms with Crippen LogP contribution in [0.2, 0.25) is 0 Å². The first-order chi connectivity index (χ1) is 11.7. The van der Waals surface area contributed by atoms with Crippen molar-refractivity contribution in [3.63, 3.8) is 0 Å². The van der Waals surface area contributed by atoms with Gasteiger partial charge < -0.3 is 14.7 Å². The minimum absolute atomic E-state index is 0.0126. The standard InChI is InChI=1S/C20H29NO3/c1-2-20(15-22)10-12-21(13-11-20)19(23)17-9-6-14-24-18(17)16-7-4-3-5-8-16/h3-5,7-8,17-18,22H,2,6,9-15H2,1H3. The quantitative estimate of drug-likeness (QED) is 0.922. The minimum Gasteiger partial charge on any atom is -0.396 e. The first-order valence-corrected chi connectivity index (χ1v) is 9.25. The fourth-order valence-corrected chi connectivity index (χ4v) is 4.06. The van der Waals surface area contributed by atoms with Gasteiger partial charge in [0.25, 0.3) is 0 Å². The zero-order chi connectivity index (χ0) is 17.0. The molecule has 24 heavy (non-hydrogen) atoms. The predicted octanol–water partition coefficient (Wildman–Crippen LogP) is 3.17. The van der Waals surface area contributed by atoms with E-state index in [1.807, 2.05) is 23.1 Å². The lowest BCUT2D eigenvalue weighted by atomic mass is 9.76. The van der Waals surface area contributed by atoms with Crippen LogP contribution < -0.4 is 0 Å². The van der Waals surface area contributed by atoms with Crippen molar-refractivity contribution in [3.8, 4) is 0 Å². The summed E-state index contributed by atoms with van der Waals surface area (Å²) in [6, 6.07) is 10.1. The molecule has 0 radical (unpaired) electrons. The first-order valence-electron chi connectivity index (χ1n) is 9.25. The normalized spacial score (nSPS) is 27.0. The molecule has 2 aliphatic heterocycles. The molecule has 0 aliphatic carbocycles. The Morgan fingerprint density at radius 3 is 2.62 bits per heavy atom. The Bertz CT molecular complexity index is 531. The van der Waals surface area contributed by atoms with Gasteiger partial charge in [0.05, 0.1) is 12.0 Å². The van der Waals surface area contributed by atoms with Crippen molar-refractivity contribution in [2.75, 3.05) is 26.3 Å². The van der Waals surface area contributed by atoms with E-state index in [9.17, 15) is 9.90 Å². The summed E-state index contributed by atoms with van der Waals surface area (Å²) in [6.45, 7) is 4.60. The summed E-state index contributed by atoms with van der Waals surface area (Å²) in [6.07, 6.45) is 4.50. The molecule has 2 fully saturated rings. The monoisotopic (exact) mass is 331 g/mol. The zero-order valence-electron chi connectivity index (χ0n) is 14.6. The maximum absolute atomic E-state index is 13.1. The molecule has 2 heterocycles. The zero-order valence-corrected chi connectivity index (χ0v) is 14.6. The van der Waals surface area contributed by atoms with Crippen molar-refractivity contribution in [2.45, 2.75) is 45.1 Å². The molecule has 0 aromatic heterocycles. The SMILES string of the molecule is CCC1(CO)CCN(C(=O)C2CCCOC2c2ccccc2)CC1. The summed E-state index contributed by atoms with van der Waals surface area (Å²) < 4.78 is 5.98. The number of rotatable bonds is 4. The van der Waals surface area contributed by atoms with Crippen LogP contribution in [-0.2, 0) is 9.53 Å². The van der Waals surface area contributed by atoms with Crippen LogP contribution in [0, 0.1) is 11.3 Å². The summed E-state index contributed by atoms with van der Waals surface area (Å²) in [4.78, 5) is 15.1. The minimum atomic E-state index is -0.122. The lowest BCUT2D eigenvalue weighted by Gasteiger charge is -2.42. The molecule has 2 unspecified atom stereocenters. The highest BCUT2D eigenvalue weighted by molar-refractivity contribution is 5.80. The lowest BCUT2D eigenvalue weighted by molar-refractivity contribution is -0.148. The van der Waals surface area contributed by atoms with Crippen molar-refractivity contribution in [1.29, 1.82) is 0 Å². The van der Waals surface area contributed by atoms with E-state index in [0.29, 0.717) is 0 Å². The molecular formula is C20H29NO3. The highest BCUT2D eigenvalue weighted by Crippen LogP contribution is 2.38. The molecule has 1 aromatic rings. The van der Waals surface area contributed by atoms with Gasteiger partial charge in [-0.05, 0) is 43.1 Å². The van der Waals surface area contributed by atoms with E-state index in [1.165, 1.54) is 0 Å². The molecule has 3 rings (SSSR count). The molecule has 4 heteroatoms. The molecule has 0 spiro atoms. The van der Waals surface area contributed by atoms with E-state index >= 15 is 0 Å². The summed E-state index contributed by atoms with van der Waals surface area (Å²) in [5.74, 6) is 0.149. The van der Waals surface area contributed by atoms with Crippen LogP contribution in [0.1, 0.15) is 50.7 Å². The number of nitrogens with zero attached hydrogens (tertiary/aromatic N) is 1. The Morgan fingerprint density at radius 2 is 2.00 bits per heavy atom. The van der Waals surface area contributed by atoms with Crippen LogP contribution in [0.15, 0.2) is 30.3 Å². The smallest absolute Gasteiger partial charge is 0.228 e. The number of likely N-dealkylation sites (tertiary alicyclic amines) is 1. The molecule has 0 bridgehead atoms. The van der Waals surface area contributed by atoms with Gasteiger partial charge in [0.15, 0.2) is 0 Å². The van der Waals surface area contributed by atoms with Crippen molar-refractivity contribution in [2.24, 2.45) is 11.3 Å². The highest BCUT2D eigenvalue weighted by Gasteiger charge is 2.39. The molecule has 1 amide bonds. The number of amides is 1. The summed E-state index contributed by atoms with van der Waals surface area (Å²) >= 11 is 0. The molecule has 1 aromatic carbocycles. The van der Waals surface area contributed by atoms with E-state index < -0.39 is 0 Å². The second-order valence-corrected chi connectivity index (χ2v) is 7.29. The van der Waals surface area contributed by atoms with E-state index in [0.717, 1.165) is 57.4 Å². The third kappa shape index (κ3) is 3.50. The second-order valence-electron chi connectivity index (χ2n) is 7.29. The number of hydrogen-bond donors (Lipinski definition) is 1. The largest absolute Gasteiger partial charge is 0.396 e. The number of carbonyl (C=O) groups excluding carboxylic acids is 1. The van der Waals surface area contributed by atoms with E-state index in [4.69, 9.17) is 4.74 Å². The van der Waals surface area contributed by atoms with Gasteiger partial charge in [-0.2, -0.15) is 0 Å². The Labute approximate surface area is 144 Å². The van der Waals surface area contributed by atoms with Crippen LogP contribution in [0.5, 0.6) is 0 Å². The van der Waals surface area contributed by atoms with Gasteiger partial charge in [0.1, 0.15) is 0 Å². The van der Waals surface area contributed by atoms with Crippen LogP contribution >= 0.6 is 0 Å². The summed E-state index contributed by atoms with van der Waals surface area (Å²) in [5, 5.41) is 9.68. The van der Waals surface area contributed by atoms with Crippen molar-refractivity contribution in [3.05, 3.63) is 35.9 Å². The summed E-state index contributed by atoms with van der Waals surface area (Å²) in [5.41, 5.74) is 1.12. The number of hydrogen-bond acceptors (Lipinski definition) is 3. The highest BCUT2D eigenvalue weighted by atomic mass is 16.5. The van der Waals surface area contributed by atoms with E-state index in [-0.39, 0.29) is 30.0 Å². The van der Waals surface area contributed by atoms with Crippen LogP contribution in [-0.4, -0.2) is 42.2 Å². The van der Waals surface area contributed by atoms with Crippen molar-refractivity contribution in [1.82, 2.24) is 4.90 Å². The van der Waals surface area contributed by atoms with Crippen molar-refractivity contribution >= 4 is 5.91 Å². The third-order valence-electron chi connectivity index (χ3n) is 5.99. The molecule has 4 nitrogen and oxygen atoms in total. The van der Waals surface area contributed by atoms with Crippen LogP contribution in [0.4, 0.5) is 0 Å². The van der Waals surface area contributed by atoms with E-state index in [2.05, 4.69) is 19.1 Å². The van der Waals surface area contributed by atoms with Gasteiger partial charge in [-0.3, -0.25) is 4.79 Å². The van der Waals surface area contributed by atoms with E-state index in [1.54, 1.807) is 0 Å². The Morgan fingerprint density at radius 1 is 1.29 bits per heavy atom. The topological polar surface area (TPSA) is 49.8 Å². The maximum atomic E-state index is 13.1. The average Bonchev–Trinajstić information content (AvgIpc) is 2.68. The number of aliphatic hydroxyl groups excluding tert-OH is 1. The van der Waals surface area contributed by atoms with Crippen LogP contribution in [0.3, 0.4) is 0 Å². The van der Waals surface area contributed by atoms with Gasteiger partial charge >= 0.3 is 0 Å². The third-order valence-corrected chi connectivity index (χ3v) is 5.99. The second kappa shape index (κ2) is 7.66. The molecule has 0 saturated carbocycles.